The molecule has 0 bridgehead atoms. The van der Waals surface area contributed by atoms with Crippen molar-refractivity contribution in [3.63, 3.8) is 0 Å². The summed E-state index contributed by atoms with van der Waals surface area (Å²) < 4.78 is 4.66. The Kier molecular flexibility index (Phi) is 5.76. The molecule has 27 heavy (non-hydrogen) atoms. The van der Waals surface area contributed by atoms with E-state index in [1.54, 1.807) is 9.80 Å². The highest BCUT2D eigenvalue weighted by molar-refractivity contribution is 6.06. The molecule has 0 aliphatic carbocycles. The Morgan fingerprint density at radius 1 is 1.07 bits per heavy atom. The second-order valence-corrected chi connectivity index (χ2v) is 6.65. The first-order valence-electron chi connectivity index (χ1n) is 9.08. The monoisotopic (exact) mass is 367 g/mol. The van der Waals surface area contributed by atoms with E-state index in [-0.39, 0.29) is 12.0 Å². The first-order valence-corrected chi connectivity index (χ1v) is 9.08. The minimum Gasteiger partial charge on any atom is -0.469 e. The van der Waals surface area contributed by atoms with Crippen LogP contribution >= 0.6 is 0 Å². The molecule has 0 radical (unpaired) electrons. The molecule has 6 heteroatoms. The molecule has 3 rings (SSSR count). The Labute approximate surface area is 159 Å². The highest BCUT2D eigenvalue weighted by Crippen LogP contribution is 2.28. The van der Waals surface area contributed by atoms with Gasteiger partial charge in [0.2, 0.25) is 0 Å². The highest BCUT2D eigenvalue weighted by atomic mass is 16.5. The molecule has 142 valence electrons. The first kappa shape index (κ1) is 18.9. The predicted octanol–water partition coefficient (Wildman–Crippen LogP) is 3.01. The van der Waals surface area contributed by atoms with E-state index in [9.17, 15) is 9.59 Å². The normalized spacial score (nSPS) is 14.0. The van der Waals surface area contributed by atoms with Crippen LogP contribution in [-0.4, -0.2) is 32.2 Å². The Bertz CT molecular complexity index is 833. The van der Waals surface area contributed by atoms with E-state index < -0.39 is 0 Å². The van der Waals surface area contributed by atoms with Crippen molar-refractivity contribution in [1.82, 2.24) is 0 Å². The fraction of sp³-hybridized carbons (Fsp3) is 0.333. The molecular formula is C21H25N3O3. The maximum atomic E-state index is 12.9. The number of hydrogen-bond acceptors (Lipinski definition) is 4. The van der Waals surface area contributed by atoms with Crippen LogP contribution in [0.3, 0.4) is 0 Å². The van der Waals surface area contributed by atoms with Gasteiger partial charge in [0.15, 0.2) is 0 Å². The van der Waals surface area contributed by atoms with Gasteiger partial charge in [0.05, 0.1) is 7.11 Å². The Hall–Kier alpha value is -2.86. The number of urea groups is 1. The largest absolute Gasteiger partial charge is 0.469 e. The zero-order valence-corrected chi connectivity index (χ0v) is 15.8. The Morgan fingerprint density at radius 2 is 1.74 bits per heavy atom. The molecule has 1 saturated heterocycles. The molecule has 6 nitrogen and oxygen atoms in total. The summed E-state index contributed by atoms with van der Waals surface area (Å²) in [4.78, 5) is 27.8. The van der Waals surface area contributed by atoms with Crippen molar-refractivity contribution < 1.29 is 14.3 Å². The fourth-order valence-corrected chi connectivity index (χ4v) is 3.34. The van der Waals surface area contributed by atoms with E-state index in [0.717, 1.165) is 28.1 Å². The van der Waals surface area contributed by atoms with Crippen LogP contribution in [0.25, 0.3) is 0 Å². The average Bonchev–Trinajstić information content (AvgIpc) is 3.07. The van der Waals surface area contributed by atoms with Crippen molar-refractivity contribution >= 4 is 23.4 Å². The van der Waals surface area contributed by atoms with Gasteiger partial charge in [-0.25, -0.2) is 4.79 Å². The summed E-state index contributed by atoms with van der Waals surface area (Å²) in [7, 11) is 1.39. The SMILES string of the molecule is COC(=O)CCc1ccc(N2CCN(c3ccc(CN)cc3C)C2=O)cc1. The van der Waals surface area contributed by atoms with Crippen LogP contribution in [0.15, 0.2) is 42.5 Å². The lowest BCUT2D eigenvalue weighted by Gasteiger charge is -2.21. The maximum absolute atomic E-state index is 12.9. The minimum atomic E-state index is -0.222. The van der Waals surface area contributed by atoms with E-state index in [0.29, 0.717) is 32.5 Å². The Morgan fingerprint density at radius 3 is 2.37 bits per heavy atom. The van der Waals surface area contributed by atoms with Gasteiger partial charge >= 0.3 is 12.0 Å². The quantitative estimate of drug-likeness (QED) is 0.797. The van der Waals surface area contributed by atoms with Gasteiger partial charge in [-0.3, -0.25) is 14.6 Å². The summed E-state index contributed by atoms with van der Waals surface area (Å²) in [5.41, 5.74) is 10.6. The molecule has 2 amide bonds. The standard InChI is InChI=1S/C21H25N3O3/c1-15-13-17(14-22)5-9-19(15)24-12-11-23(21(24)26)18-7-3-16(4-8-18)6-10-20(25)27-2/h3-5,7-9,13H,6,10-12,14,22H2,1-2H3. The summed E-state index contributed by atoms with van der Waals surface area (Å²) in [5, 5.41) is 0. The molecule has 2 aromatic carbocycles. The van der Waals surface area contributed by atoms with Gasteiger partial charge in [-0.1, -0.05) is 24.3 Å². The van der Waals surface area contributed by atoms with Crippen molar-refractivity contribution in [2.45, 2.75) is 26.3 Å². The van der Waals surface area contributed by atoms with Gasteiger partial charge in [-0.15, -0.1) is 0 Å². The number of rotatable bonds is 6. The number of anilines is 2. The topological polar surface area (TPSA) is 75.9 Å². The summed E-state index contributed by atoms with van der Waals surface area (Å²) in [6, 6.07) is 13.7. The maximum Gasteiger partial charge on any atom is 0.329 e. The number of hydrogen-bond donors (Lipinski definition) is 1. The lowest BCUT2D eigenvalue weighted by atomic mass is 10.1. The fourth-order valence-electron chi connectivity index (χ4n) is 3.34. The molecule has 0 saturated carbocycles. The third kappa shape index (κ3) is 4.11. The molecule has 1 heterocycles. The summed E-state index contributed by atoms with van der Waals surface area (Å²) in [6.45, 7) is 3.77. The van der Waals surface area contributed by atoms with Gasteiger partial charge in [0.1, 0.15) is 0 Å². The van der Waals surface area contributed by atoms with Crippen molar-refractivity contribution in [2.75, 3.05) is 30.0 Å². The summed E-state index contributed by atoms with van der Waals surface area (Å²) in [6.07, 6.45) is 0.976. The third-order valence-corrected chi connectivity index (χ3v) is 4.89. The van der Waals surface area contributed by atoms with E-state index in [1.165, 1.54) is 7.11 Å². The van der Waals surface area contributed by atoms with E-state index >= 15 is 0 Å². The number of amides is 2. The third-order valence-electron chi connectivity index (χ3n) is 4.89. The number of carbonyl (C=O) groups is 2. The number of methoxy groups -OCH3 is 1. The van der Waals surface area contributed by atoms with Crippen molar-refractivity contribution in [3.05, 3.63) is 59.2 Å². The molecule has 2 N–H and O–H groups in total. The van der Waals surface area contributed by atoms with Crippen molar-refractivity contribution in [2.24, 2.45) is 5.73 Å². The molecule has 1 aliphatic heterocycles. The van der Waals surface area contributed by atoms with Crippen LogP contribution in [0.2, 0.25) is 0 Å². The zero-order valence-electron chi connectivity index (χ0n) is 15.8. The number of ether oxygens (including phenoxy) is 1. The molecule has 0 spiro atoms. The number of nitrogens with zero attached hydrogens (tertiary/aromatic N) is 2. The number of nitrogens with two attached hydrogens (primary N) is 1. The zero-order chi connectivity index (χ0) is 19.4. The lowest BCUT2D eigenvalue weighted by molar-refractivity contribution is -0.140. The van der Waals surface area contributed by atoms with Crippen LogP contribution in [0.1, 0.15) is 23.1 Å². The number of aryl methyl sites for hydroxylation is 2. The van der Waals surface area contributed by atoms with Crippen molar-refractivity contribution in [3.8, 4) is 0 Å². The molecule has 1 fully saturated rings. The van der Waals surface area contributed by atoms with Crippen LogP contribution in [0.4, 0.5) is 16.2 Å². The van der Waals surface area contributed by atoms with Gasteiger partial charge in [-0.05, 0) is 48.2 Å². The van der Waals surface area contributed by atoms with Crippen LogP contribution < -0.4 is 15.5 Å². The van der Waals surface area contributed by atoms with Crippen LogP contribution in [0, 0.1) is 6.92 Å². The number of carbonyl (C=O) groups excluding carboxylic acids is 2. The first-order chi connectivity index (χ1) is 13.0. The van der Waals surface area contributed by atoms with Crippen LogP contribution in [-0.2, 0) is 22.5 Å². The van der Waals surface area contributed by atoms with Gasteiger partial charge in [0.25, 0.3) is 0 Å². The van der Waals surface area contributed by atoms with Gasteiger partial charge in [-0.2, -0.15) is 0 Å². The smallest absolute Gasteiger partial charge is 0.329 e. The Balaban J connectivity index is 1.70. The lowest BCUT2D eigenvalue weighted by Crippen LogP contribution is -2.32. The summed E-state index contributed by atoms with van der Waals surface area (Å²) in [5.74, 6) is -0.222. The van der Waals surface area contributed by atoms with E-state index in [2.05, 4.69) is 4.74 Å². The minimum absolute atomic E-state index is 0.0269. The van der Waals surface area contributed by atoms with E-state index in [1.807, 2.05) is 49.4 Å². The predicted molar refractivity (Wildman–Crippen MR) is 106 cm³/mol. The number of benzene rings is 2. The average molecular weight is 367 g/mol. The molecule has 0 aromatic heterocycles. The molecule has 2 aromatic rings. The van der Waals surface area contributed by atoms with Crippen LogP contribution in [0.5, 0.6) is 0 Å². The highest BCUT2D eigenvalue weighted by Gasteiger charge is 2.31. The molecule has 0 atom stereocenters. The summed E-state index contributed by atoms with van der Waals surface area (Å²) >= 11 is 0. The molecule has 0 unspecified atom stereocenters. The second-order valence-electron chi connectivity index (χ2n) is 6.65. The van der Waals surface area contributed by atoms with Gasteiger partial charge in [0, 0.05) is 37.4 Å². The van der Waals surface area contributed by atoms with Crippen molar-refractivity contribution in [1.29, 1.82) is 0 Å². The second kappa shape index (κ2) is 8.22. The number of esters is 1. The molecule has 1 aliphatic rings. The van der Waals surface area contributed by atoms with E-state index in [4.69, 9.17) is 5.73 Å². The van der Waals surface area contributed by atoms with Gasteiger partial charge < -0.3 is 10.5 Å². The molecular weight excluding hydrogens is 342 g/mol.